The van der Waals surface area contributed by atoms with Crippen LogP contribution in [0.3, 0.4) is 0 Å². The van der Waals surface area contributed by atoms with Crippen molar-refractivity contribution in [2.24, 2.45) is 5.73 Å². The molecule has 0 bridgehead atoms. The molecule has 0 spiro atoms. The number of hydrogen-bond acceptors (Lipinski definition) is 2. The second kappa shape index (κ2) is 4.19. The van der Waals surface area contributed by atoms with E-state index in [4.69, 9.17) is 5.73 Å². The van der Waals surface area contributed by atoms with E-state index in [1.165, 1.54) is 36.8 Å². The van der Waals surface area contributed by atoms with Crippen molar-refractivity contribution in [1.29, 1.82) is 0 Å². The number of aryl methyl sites for hydroxylation is 1. The lowest BCUT2D eigenvalue weighted by molar-refractivity contribution is 0.434. The van der Waals surface area contributed by atoms with E-state index in [0.717, 1.165) is 6.42 Å². The second-order valence-electron chi connectivity index (χ2n) is 5.23. The third kappa shape index (κ3) is 1.87. The molecule has 1 fully saturated rings. The van der Waals surface area contributed by atoms with Gasteiger partial charge in [-0.15, -0.1) is 0 Å². The molecule has 0 amide bonds. The van der Waals surface area contributed by atoms with Crippen LogP contribution in [0.4, 0.5) is 0 Å². The summed E-state index contributed by atoms with van der Waals surface area (Å²) in [6, 6.07) is 10.5. The van der Waals surface area contributed by atoms with Gasteiger partial charge in [-0.3, -0.25) is 0 Å². The highest BCUT2D eigenvalue weighted by molar-refractivity contribution is 5.34. The summed E-state index contributed by atoms with van der Waals surface area (Å²) >= 11 is 0. The molecule has 0 heterocycles. The molecule has 3 unspecified atom stereocenters. The van der Waals surface area contributed by atoms with Crippen LogP contribution in [0, 0.1) is 0 Å². The molecular weight excluding hydrogens is 196 g/mol. The summed E-state index contributed by atoms with van der Waals surface area (Å²) in [7, 11) is 0. The minimum absolute atomic E-state index is 0.425. The molecule has 2 aliphatic rings. The molecule has 0 aliphatic heterocycles. The van der Waals surface area contributed by atoms with Gasteiger partial charge in [-0.25, -0.2) is 0 Å². The standard InChI is InChI=1S/C14H20N2/c15-11-6-7-12(9-11)16-14-8-5-10-3-1-2-4-13(10)14/h1-4,11-12,14,16H,5-9,15H2. The number of hydrogen-bond donors (Lipinski definition) is 2. The zero-order chi connectivity index (χ0) is 11.0. The van der Waals surface area contributed by atoms with Gasteiger partial charge in [-0.05, 0) is 43.2 Å². The Labute approximate surface area is 97.2 Å². The van der Waals surface area contributed by atoms with Gasteiger partial charge in [-0.2, -0.15) is 0 Å². The smallest absolute Gasteiger partial charge is 0.0328 e. The summed E-state index contributed by atoms with van der Waals surface area (Å²) in [5.74, 6) is 0. The summed E-state index contributed by atoms with van der Waals surface area (Å²) in [6.07, 6.45) is 6.07. The normalized spacial score (nSPS) is 32.9. The summed E-state index contributed by atoms with van der Waals surface area (Å²) in [4.78, 5) is 0. The molecule has 3 N–H and O–H groups in total. The number of benzene rings is 1. The Kier molecular flexibility index (Phi) is 2.70. The fourth-order valence-corrected chi connectivity index (χ4v) is 3.18. The number of nitrogens with one attached hydrogen (secondary N) is 1. The minimum atomic E-state index is 0.425. The van der Waals surface area contributed by atoms with Gasteiger partial charge in [0.2, 0.25) is 0 Å². The van der Waals surface area contributed by atoms with Crippen LogP contribution in [0.15, 0.2) is 24.3 Å². The highest BCUT2D eigenvalue weighted by Crippen LogP contribution is 2.32. The van der Waals surface area contributed by atoms with Crippen molar-refractivity contribution in [3.63, 3.8) is 0 Å². The van der Waals surface area contributed by atoms with Crippen LogP contribution in [-0.4, -0.2) is 12.1 Å². The summed E-state index contributed by atoms with van der Waals surface area (Å²) in [5, 5.41) is 3.78. The van der Waals surface area contributed by atoms with Crippen LogP contribution in [-0.2, 0) is 6.42 Å². The molecule has 1 saturated carbocycles. The number of rotatable bonds is 2. The molecular formula is C14H20N2. The molecule has 0 aromatic heterocycles. The first-order valence-corrected chi connectivity index (χ1v) is 6.42. The Morgan fingerprint density at radius 3 is 2.81 bits per heavy atom. The topological polar surface area (TPSA) is 38.0 Å². The minimum Gasteiger partial charge on any atom is -0.328 e. The maximum absolute atomic E-state index is 5.95. The number of fused-ring (bicyclic) bond motifs is 1. The predicted octanol–water partition coefficient (Wildman–Crippen LogP) is 2.14. The van der Waals surface area contributed by atoms with E-state index in [1.807, 2.05) is 0 Å². The zero-order valence-corrected chi connectivity index (χ0v) is 9.65. The van der Waals surface area contributed by atoms with Crippen molar-refractivity contribution in [1.82, 2.24) is 5.32 Å². The van der Waals surface area contributed by atoms with Gasteiger partial charge in [0.05, 0.1) is 0 Å². The Bertz CT molecular complexity index is 375. The van der Waals surface area contributed by atoms with E-state index in [2.05, 4.69) is 29.6 Å². The second-order valence-corrected chi connectivity index (χ2v) is 5.23. The average molecular weight is 216 g/mol. The predicted molar refractivity (Wildman–Crippen MR) is 66.3 cm³/mol. The van der Waals surface area contributed by atoms with Crippen molar-refractivity contribution in [2.45, 2.75) is 50.2 Å². The molecule has 1 aromatic carbocycles. The Morgan fingerprint density at radius 2 is 2.00 bits per heavy atom. The van der Waals surface area contributed by atoms with Gasteiger partial charge < -0.3 is 11.1 Å². The third-order valence-electron chi connectivity index (χ3n) is 4.04. The lowest BCUT2D eigenvalue weighted by atomic mass is 10.1. The lowest BCUT2D eigenvalue weighted by Crippen LogP contribution is -2.31. The SMILES string of the molecule is NC1CCC(NC2CCc3ccccc32)C1. The van der Waals surface area contributed by atoms with Gasteiger partial charge in [0.1, 0.15) is 0 Å². The zero-order valence-electron chi connectivity index (χ0n) is 9.65. The van der Waals surface area contributed by atoms with Gasteiger partial charge in [0, 0.05) is 18.1 Å². The number of nitrogens with two attached hydrogens (primary N) is 1. The van der Waals surface area contributed by atoms with E-state index in [0.29, 0.717) is 18.1 Å². The van der Waals surface area contributed by atoms with E-state index in [-0.39, 0.29) is 0 Å². The van der Waals surface area contributed by atoms with Crippen molar-refractivity contribution < 1.29 is 0 Å². The molecule has 2 heteroatoms. The Balaban J connectivity index is 1.69. The molecule has 3 atom stereocenters. The summed E-state index contributed by atoms with van der Waals surface area (Å²) in [6.45, 7) is 0. The third-order valence-corrected chi connectivity index (χ3v) is 4.04. The fourth-order valence-electron chi connectivity index (χ4n) is 3.18. The first kappa shape index (κ1) is 10.3. The lowest BCUT2D eigenvalue weighted by Gasteiger charge is -2.19. The van der Waals surface area contributed by atoms with Crippen LogP contribution in [0.25, 0.3) is 0 Å². The summed E-state index contributed by atoms with van der Waals surface area (Å²) in [5.41, 5.74) is 9.00. The first-order chi connectivity index (χ1) is 7.83. The Hall–Kier alpha value is -0.860. The first-order valence-electron chi connectivity index (χ1n) is 6.42. The van der Waals surface area contributed by atoms with Crippen molar-refractivity contribution in [3.8, 4) is 0 Å². The van der Waals surface area contributed by atoms with Crippen molar-refractivity contribution >= 4 is 0 Å². The maximum Gasteiger partial charge on any atom is 0.0328 e. The van der Waals surface area contributed by atoms with Gasteiger partial charge in [0.25, 0.3) is 0 Å². The van der Waals surface area contributed by atoms with Crippen LogP contribution in [0.1, 0.15) is 42.9 Å². The monoisotopic (exact) mass is 216 g/mol. The molecule has 0 saturated heterocycles. The van der Waals surface area contributed by atoms with E-state index in [9.17, 15) is 0 Å². The van der Waals surface area contributed by atoms with Crippen molar-refractivity contribution in [2.75, 3.05) is 0 Å². The highest BCUT2D eigenvalue weighted by atomic mass is 15.0. The van der Waals surface area contributed by atoms with Crippen LogP contribution >= 0.6 is 0 Å². The molecule has 1 aromatic rings. The Morgan fingerprint density at radius 1 is 1.12 bits per heavy atom. The fraction of sp³-hybridized carbons (Fsp3) is 0.571. The molecule has 2 aliphatic carbocycles. The summed E-state index contributed by atoms with van der Waals surface area (Å²) < 4.78 is 0. The average Bonchev–Trinajstić information content (AvgIpc) is 2.87. The van der Waals surface area contributed by atoms with E-state index < -0.39 is 0 Å². The van der Waals surface area contributed by atoms with E-state index >= 15 is 0 Å². The molecule has 86 valence electrons. The largest absolute Gasteiger partial charge is 0.328 e. The van der Waals surface area contributed by atoms with Crippen LogP contribution in [0.2, 0.25) is 0 Å². The molecule has 0 radical (unpaired) electrons. The highest BCUT2D eigenvalue weighted by Gasteiger charge is 2.27. The van der Waals surface area contributed by atoms with E-state index in [1.54, 1.807) is 0 Å². The van der Waals surface area contributed by atoms with Crippen molar-refractivity contribution in [3.05, 3.63) is 35.4 Å². The van der Waals surface area contributed by atoms with Crippen LogP contribution < -0.4 is 11.1 Å². The van der Waals surface area contributed by atoms with Gasteiger partial charge in [-0.1, -0.05) is 24.3 Å². The van der Waals surface area contributed by atoms with Gasteiger partial charge in [0.15, 0.2) is 0 Å². The molecule has 2 nitrogen and oxygen atoms in total. The van der Waals surface area contributed by atoms with Crippen LogP contribution in [0.5, 0.6) is 0 Å². The van der Waals surface area contributed by atoms with Gasteiger partial charge >= 0.3 is 0 Å². The molecule has 3 rings (SSSR count). The maximum atomic E-state index is 5.95. The molecule has 16 heavy (non-hydrogen) atoms. The quantitative estimate of drug-likeness (QED) is 0.795.